The van der Waals surface area contributed by atoms with Gasteiger partial charge in [0.05, 0.1) is 11.6 Å². The molecule has 2 aromatic rings. The molecule has 0 aliphatic carbocycles. The molecule has 0 unspecified atom stereocenters. The zero-order chi connectivity index (χ0) is 10.5. The molecular weight excluding hydrogens is 232 g/mol. The number of halogens is 1. The molecule has 2 aromatic heterocycles. The van der Waals surface area contributed by atoms with E-state index in [0.29, 0.717) is 11.8 Å². The lowest BCUT2D eigenvalue weighted by Crippen LogP contribution is -2.16. The van der Waals surface area contributed by atoms with Crippen molar-refractivity contribution in [2.24, 2.45) is 0 Å². The summed E-state index contributed by atoms with van der Waals surface area (Å²) in [5, 5.41) is 6.84. The summed E-state index contributed by atoms with van der Waals surface area (Å²) < 4.78 is 5.21. The highest BCUT2D eigenvalue weighted by Gasteiger charge is 1.99. The van der Waals surface area contributed by atoms with E-state index in [9.17, 15) is 0 Å². The van der Waals surface area contributed by atoms with Crippen LogP contribution < -0.4 is 5.32 Å². The molecule has 0 radical (unpaired) electrons. The maximum absolute atomic E-state index is 5.65. The first-order chi connectivity index (χ1) is 7.34. The Morgan fingerprint density at radius 2 is 2.40 bits per heavy atom. The highest BCUT2D eigenvalue weighted by Crippen LogP contribution is 2.12. The van der Waals surface area contributed by atoms with E-state index in [4.69, 9.17) is 16.0 Å². The first-order valence-electron chi connectivity index (χ1n) is 4.68. The van der Waals surface area contributed by atoms with E-state index in [1.165, 1.54) is 0 Å². The predicted octanol–water partition coefficient (Wildman–Crippen LogP) is 2.72. The molecule has 2 heterocycles. The molecule has 80 valence electrons. The fraction of sp³-hybridized carbons (Fsp3) is 0.300. The summed E-state index contributed by atoms with van der Waals surface area (Å²) in [7, 11) is 0. The first-order valence-corrected chi connectivity index (χ1v) is 5.93. The van der Waals surface area contributed by atoms with Crippen LogP contribution in [0.3, 0.4) is 0 Å². The first kappa shape index (κ1) is 10.7. The molecule has 0 amide bonds. The summed E-state index contributed by atoms with van der Waals surface area (Å²) in [6.07, 6.45) is 2.78. The number of nitrogens with zero attached hydrogens (tertiary/aromatic N) is 1. The molecule has 0 aliphatic heterocycles. The molecule has 0 spiro atoms. The number of hydrogen-bond donors (Lipinski definition) is 1. The van der Waals surface area contributed by atoms with Gasteiger partial charge in [-0.05, 0) is 23.7 Å². The predicted molar refractivity (Wildman–Crippen MR) is 61.2 cm³/mol. The fourth-order valence-electron chi connectivity index (χ4n) is 1.23. The monoisotopic (exact) mass is 242 g/mol. The van der Waals surface area contributed by atoms with Gasteiger partial charge in [-0.15, -0.1) is 11.3 Å². The lowest BCUT2D eigenvalue weighted by Gasteiger charge is -1.99. The number of furan rings is 1. The van der Waals surface area contributed by atoms with E-state index < -0.39 is 0 Å². The van der Waals surface area contributed by atoms with Crippen LogP contribution in [0.15, 0.2) is 28.1 Å². The zero-order valence-electron chi connectivity index (χ0n) is 8.07. The molecule has 0 bridgehead atoms. The Hall–Kier alpha value is -0.840. The van der Waals surface area contributed by atoms with Crippen LogP contribution in [-0.2, 0) is 13.0 Å². The Kier molecular flexibility index (Phi) is 3.77. The van der Waals surface area contributed by atoms with Crippen LogP contribution in [0.5, 0.6) is 0 Å². The van der Waals surface area contributed by atoms with Gasteiger partial charge in [-0.3, -0.25) is 0 Å². The molecule has 5 heteroatoms. The largest absolute Gasteiger partial charge is 0.448 e. The molecule has 3 nitrogen and oxygen atoms in total. The van der Waals surface area contributed by atoms with Crippen molar-refractivity contribution < 1.29 is 4.42 Å². The van der Waals surface area contributed by atoms with Crippen LogP contribution in [0.4, 0.5) is 0 Å². The number of rotatable bonds is 5. The summed E-state index contributed by atoms with van der Waals surface area (Å²) in [4.78, 5) is 4.20. The fourth-order valence-corrected chi connectivity index (χ4v) is 2.01. The van der Waals surface area contributed by atoms with Crippen molar-refractivity contribution in [2.45, 2.75) is 13.0 Å². The van der Waals surface area contributed by atoms with Gasteiger partial charge in [-0.25, -0.2) is 4.98 Å². The highest BCUT2D eigenvalue weighted by atomic mass is 35.5. The Morgan fingerprint density at radius 1 is 1.47 bits per heavy atom. The van der Waals surface area contributed by atoms with Crippen LogP contribution in [0.25, 0.3) is 0 Å². The standard InChI is InChI=1S/C10H11ClN2OS/c11-9-2-1-8(14-9)7-12-4-3-10-13-5-6-15-10/h1-2,5-6,12H,3-4,7H2. The van der Waals surface area contributed by atoms with E-state index in [1.54, 1.807) is 17.4 Å². The van der Waals surface area contributed by atoms with Gasteiger partial charge in [0.25, 0.3) is 0 Å². The highest BCUT2D eigenvalue weighted by molar-refractivity contribution is 7.09. The third-order valence-electron chi connectivity index (χ3n) is 1.93. The van der Waals surface area contributed by atoms with Crippen LogP contribution in [0, 0.1) is 0 Å². The van der Waals surface area contributed by atoms with Gasteiger partial charge in [-0.2, -0.15) is 0 Å². The second kappa shape index (κ2) is 5.30. The van der Waals surface area contributed by atoms with Crippen molar-refractivity contribution in [1.82, 2.24) is 10.3 Å². The zero-order valence-corrected chi connectivity index (χ0v) is 9.64. The SMILES string of the molecule is Clc1ccc(CNCCc2nccs2)o1. The maximum Gasteiger partial charge on any atom is 0.193 e. The van der Waals surface area contributed by atoms with Gasteiger partial charge in [0.1, 0.15) is 5.76 Å². The molecule has 2 rings (SSSR count). The summed E-state index contributed by atoms with van der Waals surface area (Å²) >= 11 is 7.33. The average Bonchev–Trinajstić information content (AvgIpc) is 2.84. The molecule has 0 saturated carbocycles. The minimum atomic E-state index is 0.437. The molecule has 0 saturated heterocycles. The number of nitrogens with one attached hydrogen (secondary N) is 1. The van der Waals surface area contributed by atoms with Crippen LogP contribution >= 0.6 is 22.9 Å². The Morgan fingerprint density at radius 3 is 3.07 bits per heavy atom. The van der Waals surface area contributed by atoms with Crippen LogP contribution in [0.1, 0.15) is 10.8 Å². The van der Waals surface area contributed by atoms with Crippen molar-refractivity contribution in [3.63, 3.8) is 0 Å². The summed E-state index contributed by atoms with van der Waals surface area (Å²) in [5.74, 6) is 0.860. The average molecular weight is 243 g/mol. The van der Waals surface area contributed by atoms with E-state index in [0.717, 1.165) is 23.7 Å². The van der Waals surface area contributed by atoms with Gasteiger partial charge in [0, 0.05) is 24.5 Å². The minimum absolute atomic E-state index is 0.437. The molecule has 1 N–H and O–H groups in total. The van der Waals surface area contributed by atoms with E-state index in [-0.39, 0.29) is 0 Å². The topological polar surface area (TPSA) is 38.1 Å². The van der Waals surface area contributed by atoms with Gasteiger partial charge in [0.2, 0.25) is 0 Å². The molecule has 0 fully saturated rings. The van der Waals surface area contributed by atoms with Crippen LogP contribution in [0.2, 0.25) is 5.22 Å². The maximum atomic E-state index is 5.65. The van der Waals surface area contributed by atoms with Crippen molar-refractivity contribution in [1.29, 1.82) is 0 Å². The van der Waals surface area contributed by atoms with Crippen molar-refractivity contribution in [2.75, 3.05) is 6.54 Å². The molecular formula is C10H11ClN2OS. The third kappa shape index (κ3) is 3.34. The van der Waals surface area contributed by atoms with Gasteiger partial charge < -0.3 is 9.73 Å². The van der Waals surface area contributed by atoms with E-state index in [2.05, 4.69) is 10.3 Å². The molecule has 15 heavy (non-hydrogen) atoms. The molecule has 0 aromatic carbocycles. The Labute approximate surface area is 97.1 Å². The second-order valence-electron chi connectivity index (χ2n) is 3.06. The molecule has 0 aliphatic rings. The molecule has 0 atom stereocenters. The Balaban J connectivity index is 1.67. The number of hydrogen-bond acceptors (Lipinski definition) is 4. The van der Waals surface area contributed by atoms with Crippen molar-refractivity contribution in [3.8, 4) is 0 Å². The van der Waals surface area contributed by atoms with Crippen molar-refractivity contribution in [3.05, 3.63) is 39.7 Å². The smallest absolute Gasteiger partial charge is 0.193 e. The summed E-state index contributed by atoms with van der Waals surface area (Å²) in [6, 6.07) is 3.62. The lowest BCUT2D eigenvalue weighted by molar-refractivity contribution is 0.485. The van der Waals surface area contributed by atoms with E-state index in [1.807, 2.05) is 17.6 Å². The van der Waals surface area contributed by atoms with Gasteiger partial charge in [0.15, 0.2) is 5.22 Å². The quantitative estimate of drug-likeness (QED) is 0.820. The summed E-state index contributed by atoms with van der Waals surface area (Å²) in [6.45, 7) is 1.60. The Bertz CT molecular complexity index is 399. The second-order valence-corrected chi connectivity index (χ2v) is 4.41. The lowest BCUT2D eigenvalue weighted by atomic mass is 10.4. The van der Waals surface area contributed by atoms with Crippen molar-refractivity contribution >= 4 is 22.9 Å². The number of thiazole rings is 1. The third-order valence-corrected chi connectivity index (χ3v) is 2.97. The van der Waals surface area contributed by atoms with Gasteiger partial charge in [-0.1, -0.05) is 0 Å². The summed E-state index contributed by atoms with van der Waals surface area (Å²) in [5.41, 5.74) is 0. The number of aromatic nitrogens is 1. The van der Waals surface area contributed by atoms with Crippen LogP contribution in [-0.4, -0.2) is 11.5 Å². The van der Waals surface area contributed by atoms with E-state index >= 15 is 0 Å². The van der Waals surface area contributed by atoms with Gasteiger partial charge >= 0.3 is 0 Å². The normalized spacial score (nSPS) is 10.7. The minimum Gasteiger partial charge on any atom is -0.448 e.